The molecule has 0 saturated heterocycles. The lowest BCUT2D eigenvalue weighted by molar-refractivity contribution is 0.138. The monoisotopic (exact) mass is 356 g/mol. The van der Waals surface area contributed by atoms with Crippen molar-refractivity contribution < 1.29 is 0 Å². The van der Waals surface area contributed by atoms with Crippen LogP contribution < -0.4 is 5.73 Å². The third kappa shape index (κ3) is 4.08. The van der Waals surface area contributed by atoms with Crippen LogP contribution in [0.2, 0.25) is 0 Å². The Kier molecular flexibility index (Phi) is 6.26. The maximum atomic E-state index is 6.06. The summed E-state index contributed by atoms with van der Waals surface area (Å²) in [6, 6.07) is 1.09. The molecule has 0 amide bonds. The van der Waals surface area contributed by atoms with Crippen LogP contribution in [0, 0.1) is 6.92 Å². The normalized spacial score (nSPS) is 23.0. The Morgan fingerprint density at radius 3 is 2.52 bits per heavy atom. The molecule has 4 nitrogen and oxygen atoms in total. The van der Waals surface area contributed by atoms with Gasteiger partial charge >= 0.3 is 0 Å². The van der Waals surface area contributed by atoms with Gasteiger partial charge < -0.3 is 5.73 Å². The zero-order valence-corrected chi connectivity index (χ0v) is 15.2. The average Bonchev–Trinajstić information content (AvgIpc) is 2.75. The lowest BCUT2D eigenvalue weighted by atomic mass is 9.90. The number of aryl methyl sites for hydroxylation is 2. The first-order valence-corrected chi connectivity index (χ1v) is 9.07. The molecule has 0 bridgehead atoms. The molecular formula is C16H29BrN4. The molecule has 2 N–H and O–H groups in total. The molecule has 1 aromatic heterocycles. The predicted octanol–water partition coefficient (Wildman–Crippen LogP) is 3.46. The molecule has 2 rings (SSSR count). The van der Waals surface area contributed by atoms with Gasteiger partial charge in [-0.1, -0.05) is 6.92 Å². The zero-order valence-electron chi connectivity index (χ0n) is 13.6. The van der Waals surface area contributed by atoms with Crippen molar-refractivity contribution in [1.82, 2.24) is 14.7 Å². The summed E-state index contributed by atoms with van der Waals surface area (Å²) in [5.41, 5.74) is 8.47. The molecule has 1 saturated carbocycles. The van der Waals surface area contributed by atoms with Crippen LogP contribution in [0.5, 0.6) is 0 Å². The summed E-state index contributed by atoms with van der Waals surface area (Å²) in [6.45, 7) is 9.56. The van der Waals surface area contributed by atoms with Gasteiger partial charge in [-0.3, -0.25) is 9.58 Å². The van der Waals surface area contributed by atoms with E-state index in [2.05, 4.69) is 51.4 Å². The minimum Gasteiger partial charge on any atom is -0.328 e. The summed E-state index contributed by atoms with van der Waals surface area (Å²) in [7, 11) is 0. The molecule has 0 unspecified atom stereocenters. The van der Waals surface area contributed by atoms with E-state index >= 15 is 0 Å². The number of nitrogens with two attached hydrogens (primary N) is 1. The number of halogens is 1. The van der Waals surface area contributed by atoms with Gasteiger partial charge in [-0.15, -0.1) is 0 Å². The Hall–Kier alpha value is -0.390. The van der Waals surface area contributed by atoms with Gasteiger partial charge in [0.25, 0.3) is 0 Å². The van der Waals surface area contributed by atoms with E-state index in [1.54, 1.807) is 0 Å². The summed E-state index contributed by atoms with van der Waals surface area (Å²) < 4.78 is 3.31. The number of aromatic nitrogens is 2. The fourth-order valence-corrected chi connectivity index (χ4v) is 3.77. The number of hydrogen-bond acceptors (Lipinski definition) is 3. The SMILES string of the molecule is CCCN(Cc1c(Br)c(C)nn1CC)C1CCC(N)CC1. The molecule has 0 spiro atoms. The van der Waals surface area contributed by atoms with E-state index in [0.717, 1.165) is 38.2 Å². The summed E-state index contributed by atoms with van der Waals surface area (Å²) in [5, 5.41) is 4.62. The topological polar surface area (TPSA) is 47.1 Å². The first-order valence-electron chi connectivity index (χ1n) is 8.28. The lowest BCUT2D eigenvalue weighted by Gasteiger charge is -2.36. The maximum Gasteiger partial charge on any atom is 0.0739 e. The van der Waals surface area contributed by atoms with Crippen LogP contribution in [-0.2, 0) is 13.1 Å². The molecule has 1 aliphatic rings. The first kappa shape index (κ1) is 17.0. The van der Waals surface area contributed by atoms with Crippen LogP contribution in [0.25, 0.3) is 0 Å². The molecule has 1 aliphatic carbocycles. The first-order chi connectivity index (χ1) is 10.1. The summed E-state index contributed by atoms with van der Waals surface area (Å²) in [5.74, 6) is 0. The zero-order chi connectivity index (χ0) is 15.4. The molecule has 0 aromatic carbocycles. The van der Waals surface area contributed by atoms with Crippen LogP contribution in [0.4, 0.5) is 0 Å². The van der Waals surface area contributed by atoms with Crippen molar-refractivity contribution in [1.29, 1.82) is 0 Å². The number of hydrogen-bond donors (Lipinski definition) is 1. The van der Waals surface area contributed by atoms with E-state index in [4.69, 9.17) is 5.73 Å². The Bertz CT molecular complexity index is 449. The molecule has 0 atom stereocenters. The van der Waals surface area contributed by atoms with Gasteiger partial charge in [0.15, 0.2) is 0 Å². The van der Waals surface area contributed by atoms with Crippen molar-refractivity contribution in [2.24, 2.45) is 5.73 Å². The van der Waals surface area contributed by atoms with Gasteiger partial charge in [-0.2, -0.15) is 5.10 Å². The highest BCUT2D eigenvalue weighted by Crippen LogP contribution is 2.27. The fourth-order valence-electron chi connectivity index (χ4n) is 3.36. The summed E-state index contributed by atoms with van der Waals surface area (Å²) >= 11 is 3.73. The highest BCUT2D eigenvalue weighted by atomic mass is 79.9. The molecule has 1 heterocycles. The summed E-state index contributed by atoms with van der Waals surface area (Å²) in [4.78, 5) is 2.64. The minimum atomic E-state index is 0.417. The van der Waals surface area contributed by atoms with Crippen LogP contribution in [0.1, 0.15) is 57.3 Å². The molecule has 1 aromatic rings. The average molecular weight is 357 g/mol. The molecule has 0 radical (unpaired) electrons. The Balaban J connectivity index is 2.12. The summed E-state index contributed by atoms with van der Waals surface area (Å²) in [6.07, 6.45) is 5.99. The van der Waals surface area contributed by atoms with Crippen molar-refractivity contribution in [2.45, 2.75) is 78.0 Å². The minimum absolute atomic E-state index is 0.417. The van der Waals surface area contributed by atoms with E-state index < -0.39 is 0 Å². The molecular weight excluding hydrogens is 328 g/mol. The van der Waals surface area contributed by atoms with E-state index in [1.165, 1.54) is 29.4 Å². The van der Waals surface area contributed by atoms with Crippen molar-refractivity contribution in [3.63, 3.8) is 0 Å². The molecule has 5 heteroatoms. The van der Waals surface area contributed by atoms with Gasteiger partial charge in [-0.05, 0) is 68.4 Å². The number of nitrogens with zero attached hydrogens (tertiary/aromatic N) is 3. The van der Waals surface area contributed by atoms with Crippen molar-refractivity contribution >= 4 is 15.9 Å². The molecule has 0 aliphatic heterocycles. The van der Waals surface area contributed by atoms with E-state index in [1.807, 2.05) is 0 Å². The standard InChI is InChI=1S/C16H29BrN4/c1-4-10-20(14-8-6-13(18)7-9-14)11-15-16(17)12(3)19-21(15)5-2/h13-14H,4-11,18H2,1-3H3. The van der Waals surface area contributed by atoms with Crippen molar-refractivity contribution in [3.8, 4) is 0 Å². The predicted molar refractivity (Wildman–Crippen MR) is 91.3 cm³/mol. The van der Waals surface area contributed by atoms with Gasteiger partial charge in [0.1, 0.15) is 0 Å². The van der Waals surface area contributed by atoms with Gasteiger partial charge in [0, 0.05) is 25.2 Å². The van der Waals surface area contributed by atoms with Gasteiger partial charge in [0.05, 0.1) is 15.9 Å². The molecule has 1 fully saturated rings. The van der Waals surface area contributed by atoms with Crippen LogP contribution >= 0.6 is 15.9 Å². The van der Waals surface area contributed by atoms with E-state index in [0.29, 0.717) is 12.1 Å². The van der Waals surface area contributed by atoms with E-state index in [9.17, 15) is 0 Å². The Morgan fingerprint density at radius 1 is 1.29 bits per heavy atom. The fraction of sp³-hybridized carbons (Fsp3) is 0.812. The largest absolute Gasteiger partial charge is 0.328 e. The van der Waals surface area contributed by atoms with Crippen molar-refractivity contribution in [3.05, 3.63) is 15.9 Å². The quantitative estimate of drug-likeness (QED) is 0.848. The van der Waals surface area contributed by atoms with E-state index in [-0.39, 0.29) is 0 Å². The second kappa shape index (κ2) is 7.75. The highest BCUT2D eigenvalue weighted by molar-refractivity contribution is 9.10. The smallest absolute Gasteiger partial charge is 0.0739 e. The highest BCUT2D eigenvalue weighted by Gasteiger charge is 2.25. The molecule has 21 heavy (non-hydrogen) atoms. The van der Waals surface area contributed by atoms with Crippen LogP contribution in [0.3, 0.4) is 0 Å². The second-order valence-electron chi connectivity index (χ2n) is 6.20. The van der Waals surface area contributed by atoms with Crippen LogP contribution in [-0.4, -0.2) is 33.3 Å². The second-order valence-corrected chi connectivity index (χ2v) is 6.99. The third-order valence-electron chi connectivity index (χ3n) is 4.57. The Morgan fingerprint density at radius 2 is 1.95 bits per heavy atom. The van der Waals surface area contributed by atoms with Gasteiger partial charge in [0.2, 0.25) is 0 Å². The lowest BCUT2D eigenvalue weighted by Crippen LogP contribution is -2.41. The number of rotatable bonds is 6. The third-order valence-corrected chi connectivity index (χ3v) is 5.61. The van der Waals surface area contributed by atoms with Gasteiger partial charge in [-0.25, -0.2) is 0 Å². The molecule has 120 valence electrons. The Labute approximate surface area is 137 Å². The maximum absolute atomic E-state index is 6.06. The van der Waals surface area contributed by atoms with Crippen LogP contribution in [0.15, 0.2) is 4.47 Å². The van der Waals surface area contributed by atoms with Crippen molar-refractivity contribution in [2.75, 3.05) is 6.54 Å².